The van der Waals surface area contributed by atoms with Crippen LogP contribution in [0.2, 0.25) is 0 Å². The van der Waals surface area contributed by atoms with Gasteiger partial charge in [0.2, 0.25) is 5.95 Å². The summed E-state index contributed by atoms with van der Waals surface area (Å²) in [5.41, 5.74) is 6.78. The van der Waals surface area contributed by atoms with Gasteiger partial charge in [0.15, 0.2) is 0 Å². The van der Waals surface area contributed by atoms with E-state index in [-0.39, 0.29) is 11.2 Å². The van der Waals surface area contributed by atoms with E-state index in [9.17, 15) is 0 Å². The van der Waals surface area contributed by atoms with Crippen molar-refractivity contribution >= 4 is 5.95 Å². The number of fused-ring (bicyclic) bond motifs is 1. The summed E-state index contributed by atoms with van der Waals surface area (Å²) in [5.74, 6) is 0.304. The fraction of sp³-hybridized carbons (Fsp3) is 0.600. The molecule has 4 nitrogen and oxygen atoms in total. The van der Waals surface area contributed by atoms with Gasteiger partial charge in [-0.2, -0.15) is 0 Å². The quantitative estimate of drug-likeness (QED) is 0.679. The van der Waals surface area contributed by atoms with Crippen LogP contribution in [0.15, 0.2) is 6.20 Å². The van der Waals surface area contributed by atoms with Crippen LogP contribution >= 0.6 is 0 Å². The lowest BCUT2D eigenvalue weighted by molar-refractivity contribution is -0.106. The molecule has 1 aromatic rings. The average molecular weight is 193 g/mol. The molecule has 0 radical (unpaired) electrons. The monoisotopic (exact) mass is 193 g/mol. The fourth-order valence-electron chi connectivity index (χ4n) is 2.04. The summed E-state index contributed by atoms with van der Waals surface area (Å²) in [4.78, 5) is 8.24. The number of ether oxygens (including phenoxy) is 1. The van der Waals surface area contributed by atoms with E-state index in [1.807, 2.05) is 27.7 Å². The van der Waals surface area contributed by atoms with Crippen molar-refractivity contribution in [2.75, 3.05) is 5.73 Å². The third kappa shape index (κ3) is 1.18. The number of hydrogen-bond donors (Lipinski definition) is 1. The van der Waals surface area contributed by atoms with Crippen LogP contribution in [-0.2, 0) is 15.9 Å². The predicted octanol–water partition coefficient (Wildman–Crippen LogP) is 1.56. The molecule has 1 aliphatic rings. The molecule has 14 heavy (non-hydrogen) atoms. The molecule has 1 aromatic heterocycles. The molecule has 2 heterocycles. The van der Waals surface area contributed by atoms with Gasteiger partial charge in [-0.05, 0) is 27.7 Å². The van der Waals surface area contributed by atoms with Crippen molar-refractivity contribution in [1.82, 2.24) is 9.97 Å². The Hall–Kier alpha value is -1.16. The van der Waals surface area contributed by atoms with Gasteiger partial charge in [0, 0.05) is 11.8 Å². The first-order valence-corrected chi connectivity index (χ1v) is 4.66. The highest BCUT2D eigenvalue weighted by Gasteiger charge is 2.44. The van der Waals surface area contributed by atoms with Gasteiger partial charge in [0.1, 0.15) is 5.60 Å². The van der Waals surface area contributed by atoms with Crippen LogP contribution in [0.3, 0.4) is 0 Å². The van der Waals surface area contributed by atoms with Gasteiger partial charge in [-0.1, -0.05) is 0 Å². The molecule has 0 aliphatic carbocycles. The lowest BCUT2D eigenvalue weighted by atomic mass is 9.97. The van der Waals surface area contributed by atoms with E-state index in [1.54, 1.807) is 6.20 Å². The van der Waals surface area contributed by atoms with Crippen molar-refractivity contribution in [3.05, 3.63) is 17.5 Å². The van der Waals surface area contributed by atoms with Crippen molar-refractivity contribution < 1.29 is 4.74 Å². The molecule has 0 saturated carbocycles. The molecular weight excluding hydrogens is 178 g/mol. The second-order valence-corrected chi connectivity index (χ2v) is 4.61. The molecule has 1 aliphatic heterocycles. The van der Waals surface area contributed by atoms with Gasteiger partial charge in [0.25, 0.3) is 0 Å². The van der Waals surface area contributed by atoms with E-state index >= 15 is 0 Å². The first-order valence-electron chi connectivity index (χ1n) is 4.66. The van der Waals surface area contributed by atoms with Gasteiger partial charge >= 0.3 is 0 Å². The van der Waals surface area contributed by atoms with Crippen LogP contribution < -0.4 is 5.73 Å². The lowest BCUT2D eigenvalue weighted by Crippen LogP contribution is -2.22. The molecule has 2 rings (SSSR count). The van der Waals surface area contributed by atoms with E-state index in [1.165, 1.54) is 0 Å². The average Bonchev–Trinajstić information content (AvgIpc) is 2.17. The minimum atomic E-state index is -0.379. The van der Waals surface area contributed by atoms with Crippen LogP contribution in [0.25, 0.3) is 0 Å². The number of hydrogen-bond acceptors (Lipinski definition) is 4. The molecule has 0 saturated heterocycles. The molecule has 2 N–H and O–H groups in total. The highest BCUT2D eigenvalue weighted by molar-refractivity contribution is 5.36. The van der Waals surface area contributed by atoms with Gasteiger partial charge < -0.3 is 10.5 Å². The van der Waals surface area contributed by atoms with Crippen LogP contribution in [0.1, 0.15) is 39.0 Å². The fourth-order valence-corrected chi connectivity index (χ4v) is 2.04. The maximum Gasteiger partial charge on any atom is 0.220 e. The van der Waals surface area contributed by atoms with Crippen molar-refractivity contribution in [1.29, 1.82) is 0 Å². The molecule has 76 valence electrons. The topological polar surface area (TPSA) is 61.0 Å². The molecular formula is C10H15N3O. The zero-order valence-corrected chi connectivity index (χ0v) is 8.96. The van der Waals surface area contributed by atoms with Gasteiger partial charge in [-0.15, -0.1) is 0 Å². The summed E-state index contributed by atoms with van der Waals surface area (Å²) < 4.78 is 5.90. The van der Waals surface area contributed by atoms with E-state index in [2.05, 4.69) is 9.97 Å². The Kier molecular flexibility index (Phi) is 1.64. The number of nitrogen functional groups attached to an aromatic ring is 1. The third-order valence-corrected chi connectivity index (χ3v) is 2.54. The Bertz CT molecular complexity index is 385. The largest absolute Gasteiger partial charge is 0.368 e. The molecule has 0 bridgehead atoms. The van der Waals surface area contributed by atoms with Gasteiger partial charge in [-0.25, -0.2) is 9.97 Å². The van der Waals surface area contributed by atoms with E-state index in [4.69, 9.17) is 10.5 Å². The Morgan fingerprint density at radius 3 is 2.50 bits per heavy atom. The smallest absolute Gasteiger partial charge is 0.220 e. The van der Waals surface area contributed by atoms with E-state index in [0.29, 0.717) is 5.95 Å². The van der Waals surface area contributed by atoms with Gasteiger partial charge in [-0.3, -0.25) is 0 Å². The molecule has 4 heteroatoms. The van der Waals surface area contributed by atoms with Crippen molar-refractivity contribution in [3.63, 3.8) is 0 Å². The van der Waals surface area contributed by atoms with Crippen LogP contribution in [0, 0.1) is 0 Å². The second-order valence-electron chi connectivity index (χ2n) is 4.61. The number of anilines is 1. The summed E-state index contributed by atoms with van der Waals surface area (Å²) in [5, 5.41) is 0. The summed E-state index contributed by atoms with van der Waals surface area (Å²) in [6, 6.07) is 0. The van der Waals surface area contributed by atoms with Crippen molar-refractivity contribution in [2.45, 2.75) is 38.9 Å². The van der Waals surface area contributed by atoms with Crippen molar-refractivity contribution in [2.24, 2.45) is 0 Å². The number of nitrogens with two attached hydrogens (primary N) is 1. The Balaban J connectivity index is 2.66. The maximum absolute atomic E-state index is 5.90. The Morgan fingerprint density at radius 1 is 1.21 bits per heavy atom. The number of nitrogens with zero attached hydrogens (tertiary/aromatic N) is 2. The predicted molar refractivity (Wildman–Crippen MR) is 53.6 cm³/mol. The summed E-state index contributed by atoms with van der Waals surface area (Å²) in [7, 11) is 0. The maximum atomic E-state index is 5.90. The molecule has 0 amide bonds. The Labute approximate surface area is 83.5 Å². The molecule has 0 spiro atoms. The summed E-state index contributed by atoms with van der Waals surface area (Å²) in [6.45, 7) is 8.01. The van der Waals surface area contributed by atoms with Crippen LogP contribution in [0.5, 0.6) is 0 Å². The zero-order chi connectivity index (χ0) is 10.6. The van der Waals surface area contributed by atoms with Crippen molar-refractivity contribution in [3.8, 4) is 0 Å². The zero-order valence-electron chi connectivity index (χ0n) is 8.96. The highest BCUT2D eigenvalue weighted by Crippen LogP contribution is 2.45. The first-order chi connectivity index (χ1) is 6.33. The van der Waals surface area contributed by atoms with E-state index in [0.717, 1.165) is 11.3 Å². The van der Waals surface area contributed by atoms with Crippen LogP contribution in [0.4, 0.5) is 5.95 Å². The number of aromatic nitrogens is 2. The third-order valence-electron chi connectivity index (χ3n) is 2.54. The Morgan fingerprint density at radius 2 is 1.86 bits per heavy atom. The minimum Gasteiger partial charge on any atom is -0.368 e. The number of rotatable bonds is 0. The second kappa shape index (κ2) is 2.45. The molecule has 0 aromatic carbocycles. The molecule has 0 fully saturated rings. The summed E-state index contributed by atoms with van der Waals surface area (Å²) in [6.07, 6.45) is 1.76. The minimum absolute atomic E-state index is 0.304. The van der Waals surface area contributed by atoms with Crippen LogP contribution in [-0.4, -0.2) is 9.97 Å². The molecule has 0 atom stereocenters. The highest BCUT2D eigenvalue weighted by atomic mass is 16.5. The van der Waals surface area contributed by atoms with Gasteiger partial charge in [0.05, 0.1) is 11.3 Å². The lowest BCUT2D eigenvalue weighted by Gasteiger charge is -2.23. The first kappa shape index (κ1) is 9.40. The van der Waals surface area contributed by atoms with E-state index < -0.39 is 0 Å². The summed E-state index contributed by atoms with van der Waals surface area (Å²) >= 11 is 0. The molecule has 0 unspecified atom stereocenters. The SMILES string of the molecule is CC1(C)OC(C)(C)c2nc(N)ncc21. The normalized spacial score (nSPS) is 22.0. The standard InChI is InChI=1S/C10H15N3O/c1-9(2)6-5-12-8(11)13-7(6)10(3,4)14-9/h5H,1-4H3,(H2,11,12,13).